The minimum Gasteiger partial charge on any atom is -0.409 e. The molecule has 3 atom stereocenters. The van der Waals surface area contributed by atoms with E-state index in [1.54, 1.807) is 64.4 Å². The molecule has 10 N–H and O–H groups in total. The second-order valence-electron chi connectivity index (χ2n) is 19.4. The molecular formula is C55H65ClN12O9. The van der Waals surface area contributed by atoms with Gasteiger partial charge in [-0.25, -0.2) is 4.79 Å². The van der Waals surface area contributed by atoms with Gasteiger partial charge in [0, 0.05) is 109 Å². The number of likely N-dealkylation sites (N-methyl/N-ethyl adjacent to an activating group) is 1. The predicted octanol–water partition coefficient (Wildman–Crippen LogP) is 3.98. The highest BCUT2D eigenvalue weighted by atomic mass is 35.5. The molecule has 1 aromatic heterocycles. The number of hydrogen-bond acceptors (Lipinski definition) is 13. The van der Waals surface area contributed by atoms with E-state index in [2.05, 4.69) is 36.5 Å². The fourth-order valence-corrected chi connectivity index (χ4v) is 9.91. The van der Waals surface area contributed by atoms with Crippen molar-refractivity contribution in [2.24, 2.45) is 11.5 Å². The van der Waals surface area contributed by atoms with E-state index in [0.29, 0.717) is 116 Å². The van der Waals surface area contributed by atoms with Crippen molar-refractivity contribution < 1.29 is 43.1 Å². The van der Waals surface area contributed by atoms with E-state index in [4.69, 9.17) is 27.8 Å². The molecule has 4 aromatic carbocycles. The lowest BCUT2D eigenvalue weighted by Crippen LogP contribution is -2.52. The molecule has 21 nitrogen and oxygen atoms in total. The number of nitrogens with two attached hydrogens (primary N) is 2. The van der Waals surface area contributed by atoms with Crippen LogP contribution in [-0.4, -0.2) is 158 Å². The quantitative estimate of drug-likeness (QED) is 0.0261. The van der Waals surface area contributed by atoms with E-state index in [-0.39, 0.29) is 30.8 Å². The number of carbonyl (C=O) groups is 8. The van der Waals surface area contributed by atoms with Gasteiger partial charge in [-0.3, -0.25) is 38.5 Å². The van der Waals surface area contributed by atoms with E-state index in [1.165, 1.54) is 0 Å². The molecule has 8 rings (SSSR count). The SMILES string of the molecule is CN1CCN(C(=O)Oc2cc3c(c4ccccc24)[C@H](CCl)CN3C(=O)c2cc3cc(NC(=O)c4ccc(NC(=O)[C@H](CCCCN)NC(=O)[C@H](CCCCN)NCCNC(=O)CN5C(=O)C=CC5=O)cc4)ccc3[nH]2)CC1. The number of alkyl halides is 1. The Morgan fingerprint density at radius 1 is 0.766 bits per heavy atom. The van der Waals surface area contributed by atoms with Crippen LogP contribution in [0.3, 0.4) is 0 Å². The Kier molecular flexibility index (Phi) is 18.7. The number of amides is 8. The number of carbonyl (C=O) groups excluding carboxylic acids is 8. The largest absolute Gasteiger partial charge is 0.415 e. The molecule has 3 aliphatic rings. The van der Waals surface area contributed by atoms with E-state index in [9.17, 15) is 38.4 Å². The minimum atomic E-state index is -0.926. The Labute approximate surface area is 450 Å². The number of benzene rings is 4. The third-order valence-corrected chi connectivity index (χ3v) is 14.3. The first-order valence-corrected chi connectivity index (χ1v) is 26.5. The number of aromatic nitrogens is 1. The van der Waals surface area contributed by atoms with Crippen LogP contribution in [0.5, 0.6) is 5.75 Å². The van der Waals surface area contributed by atoms with Gasteiger partial charge < -0.3 is 62.5 Å². The van der Waals surface area contributed by atoms with Gasteiger partial charge >= 0.3 is 6.09 Å². The smallest absolute Gasteiger partial charge is 0.409 e. The molecule has 0 radical (unpaired) electrons. The summed E-state index contributed by atoms with van der Waals surface area (Å²) in [7, 11) is 2.01. The number of nitrogens with zero attached hydrogens (tertiary/aromatic N) is 4. The van der Waals surface area contributed by atoms with Crippen molar-refractivity contribution in [1.29, 1.82) is 0 Å². The van der Waals surface area contributed by atoms with Crippen LogP contribution in [0.1, 0.15) is 70.9 Å². The van der Waals surface area contributed by atoms with Gasteiger partial charge in [0.05, 0.1) is 11.7 Å². The van der Waals surface area contributed by atoms with Gasteiger partial charge in [-0.2, -0.15) is 0 Å². The van der Waals surface area contributed by atoms with E-state index < -0.39 is 60.2 Å². The van der Waals surface area contributed by atoms with Crippen LogP contribution >= 0.6 is 11.6 Å². The zero-order chi connectivity index (χ0) is 54.6. The summed E-state index contributed by atoms with van der Waals surface area (Å²) in [4.78, 5) is 114. The Hall–Kier alpha value is -7.69. The molecule has 4 heterocycles. The summed E-state index contributed by atoms with van der Waals surface area (Å²) in [6.07, 6.45) is 4.94. The molecule has 0 saturated carbocycles. The first-order valence-electron chi connectivity index (χ1n) is 25.9. The maximum absolute atomic E-state index is 14.4. The van der Waals surface area contributed by atoms with Crippen LogP contribution in [0.15, 0.2) is 91.0 Å². The van der Waals surface area contributed by atoms with Crippen molar-refractivity contribution in [3.05, 3.63) is 108 Å². The van der Waals surface area contributed by atoms with Crippen LogP contribution in [0.4, 0.5) is 21.9 Å². The Balaban J connectivity index is 0.884. The number of nitrogens with one attached hydrogen (secondary N) is 6. The van der Waals surface area contributed by atoms with Gasteiger partial charge in [0.25, 0.3) is 23.6 Å². The number of H-pyrrole nitrogens is 1. The highest BCUT2D eigenvalue weighted by Gasteiger charge is 2.36. The van der Waals surface area contributed by atoms with E-state index >= 15 is 0 Å². The molecule has 0 unspecified atom stereocenters. The number of rotatable bonds is 23. The number of ether oxygens (including phenoxy) is 1. The summed E-state index contributed by atoms with van der Waals surface area (Å²) in [5.41, 5.74) is 15.2. The molecule has 22 heteroatoms. The number of fused-ring (bicyclic) bond motifs is 4. The van der Waals surface area contributed by atoms with Crippen LogP contribution in [0, 0.1) is 0 Å². The fraction of sp³-hybridized carbons (Fsp3) is 0.382. The number of hydrogen-bond donors (Lipinski definition) is 8. The van der Waals surface area contributed by atoms with Crippen molar-refractivity contribution in [2.75, 3.05) is 93.9 Å². The van der Waals surface area contributed by atoms with Crippen molar-refractivity contribution in [3.8, 4) is 5.75 Å². The first-order chi connectivity index (χ1) is 37.2. The molecule has 406 valence electrons. The molecule has 8 amide bonds. The monoisotopic (exact) mass is 1070 g/mol. The number of piperazine rings is 1. The second kappa shape index (κ2) is 25.9. The predicted molar refractivity (Wildman–Crippen MR) is 294 cm³/mol. The van der Waals surface area contributed by atoms with Crippen molar-refractivity contribution in [2.45, 2.75) is 56.5 Å². The molecular weight excluding hydrogens is 1010 g/mol. The van der Waals surface area contributed by atoms with E-state index in [0.717, 1.165) is 46.5 Å². The maximum atomic E-state index is 14.4. The number of imide groups is 1. The zero-order valence-corrected chi connectivity index (χ0v) is 43.7. The van der Waals surface area contributed by atoms with Gasteiger partial charge in [0.1, 0.15) is 24.0 Å². The summed E-state index contributed by atoms with van der Waals surface area (Å²) < 4.78 is 6.06. The number of aromatic amines is 1. The van der Waals surface area contributed by atoms with Crippen LogP contribution < -0.4 is 47.7 Å². The Morgan fingerprint density at radius 3 is 2.13 bits per heavy atom. The average Bonchev–Trinajstić information content (AvgIpc) is 4.13. The zero-order valence-electron chi connectivity index (χ0n) is 42.9. The molecule has 0 bridgehead atoms. The lowest BCUT2D eigenvalue weighted by Gasteiger charge is -2.31. The molecule has 1 fully saturated rings. The number of halogens is 1. The molecule has 0 spiro atoms. The molecule has 0 aliphatic carbocycles. The Bertz CT molecular complexity index is 3030. The summed E-state index contributed by atoms with van der Waals surface area (Å²) >= 11 is 6.56. The summed E-state index contributed by atoms with van der Waals surface area (Å²) in [6.45, 7) is 3.59. The number of unbranched alkanes of at least 4 members (excludes halogenated alkanes) is 2. The second-order valence-corrected chi connectivity index (χ2v) is 19.7. The Morgan fingerprint density at radius 2 is 1.44 bits per heavy atom. The minimum absolute atomic E-state index is 0.106. The van der Waals surface area contributed by atoms with Gasteiger partial charge in [-0.05, 0) is 112 Å². The maximum Gasteiger partial charge on any atom is 0.415 e. The van der Waals surface area contributed by atoms with Gasteiger partial charge in [-0.1, -0.05) is 30.7 Å². The molecule has 1 saturated heterocycles. The van der Waals surface area contributed by atoms with Crippen molar-refractivity contribution in [3.63, 3.8) is 0 Å². The highest BCUT2D eigenvalue weighted by Crippen LogP contribution is 2.46. The fourth-order valence-electron chi connectivity index (χ4n) is 9.66. The van der Waals surface area contributed by atoms with Crippen LogP contribution in [0.2, 0.25) is 0 Å². The molecule has 5 aromatic rings. The topological polar surface area (TPSA) is 287 Å². The summed E-state index contributed by atoms with van der Waals surface area (Å²) in [5, 5.41) is 16.7. The summed E-state index contributed by atoms with van der Waals surface area (Å²) in [6, 6.07) is 21.1. The number of anilines is 3. The lowest BCUT2D eigenvalue weighted by molar-refractivity contribution is -0.141. The van der Waals surface area contributed by atoms with Crippen molar-refractivity contribution in [1.82, 2.24) is 35.6 Å². The third kappa shape index (κ3) is 13.7. The first kappa shape index (κ1) is 55.5. The van der Waals surface area contributed by atoms with Crippen LogP contribution in [0.25, 0.3) is 21.7 Å². The average molecular weight is 1070 g/mol. The third-order valence-electron chi connectivity index (χ3n) is 13.9. The normalized spacial score (nSPS) is 16.2. The molecule has 77 heavy (non-hydrogen) atoms. The standard InChI is InChI=1S/C55H65ClN12O9/c1-65-24-26-66(27-25-65)55(76)77-46-30-45-50(40-9-3-2-8-39(40)46)36(31-56)32-67(45)54(75)44-29-35-28-38(16-17-41(35)63-44)62-51(72)34-12-14-37(15-13-34)61-53(74)43(11-5-7-21-58)64-52(73)42(10-4-6-20-57)59-22-23-60-47(69)33-68-48(70)18-19-49(68)71/h2-3,8-9,12-19,28-30,36,42-43,59,63H,4-7,10-11,20-27,31-33,57-58H2,1H3,(H,60,69)(H,61,74)(H,62,72)(H,64,73)/t36-,42+,43+/m1/s1. The van der Waals surface area contributed by atoms with Crippen LogP contribution in [-0.2, 0) is 24.0 Å². The van der Waals surface area contributed by atoms with Gasteiger partial charge in [-0.15, -0.1) is 11.6 Å². The van der Waals surface area contributed by atoms with E-state index in [1.807, 2.05) is 31.3 Å². The highest BCUT2D eigenvalue weighted by molar-refractivity contribution is 6.19. The molecule has 3 aliphatic heterocycles. The van der Waals surface area contributed by atoms with Gasteiger partial charge in [0.15, 0.2) is 0 Å². The van der Waals surface area contributed by atoms with Crippen molar-refractivity contribution >= 4 is 97.8 Å². The summed E-state index contributed by atoms with van der Waals surface area (Å²) in [5.74, 6) is -2.82. The lowest BCUT2D eigenvalue weighted by atomic mass is 9.95. The van der Waals surface area contributed by atoms with Gasteiger partial charge in [0.2, 0.25) is 17.7 Å².